The highest BCUT2D eigenvalue weighted by Gasteiger charge is 2.52. The van der Waals surface area contributed by atoms with E-state index >= 15 is 0 Å². The van der Waals surface area contributed by atoms with Crippen molar-refractivity contribution >= 4 is 11.9 Å². The zero-order valence-corrected chi connectivity index (χ0v) is 27.2. The molecule has 8 atom stereocenters. The predicted molar refractivity (Wildman–Crippen MR) is 165 cm³/mol. The van der Waals surface area contributed by atoms with Crippen molar-refractivity contribution in [3.63, 3.8) is 0 Å². The third-order valence-corrected chi connectivity index (χ3v) is 7.98. The van der Waals surface area contributed by atoms with Gasteiger partial charge in [-0.2, -0.15) is 0 Å². The summed E-state index contributed by atoms with van der Waals surface area (Å²) in [5.74, 6) is -1.18. The van der Waals surface area contributed by atoms with Crippen LogP contribution in [0.2, 0.25) is 0 Å². The second kappa shape index (κ2) is 16.5. The molecule has 3 N–H and O–H groups in total. The van der Waals surface area contributed by atoms with E-state index in [1.54, 1.807) is 39.0 Å². The molecule has 2 heterocycles. The molecule has 0 radical (unpaired) electrons. The van der Waals surface area contributed by atoms with E-state index < -0.39 is 48.4 Å². The largest absolute Gasteiger partial charge is 0.459 e. The first kappa shape index (κ1) is 36.6. The molecule has 2 aliphatic heterocycles. The Balaban J connectivity index is 2.53. The number of rotatable bonds is 5. The van der Waals surface area contributed by atoms with Crippen LogP contribution in [-0.2, 0) is 28.5 Å². The first-order valence-electron chi connectivity index (χ1n) is 15.2. The van der Waals surface area contributed by atoms with Crippen LogP contribution < -0.4 is 0 Å². The second-order valence-corrected chi connectivity index (χ2v) is 12.2. The van der Waals surface area contributed by atoms with Crippen molar-refractivity contribution in [3.8, 4) is 0 Å². The van der Waals surface area contributed by atoms with Crippen molar-refractivity contribution in [1.82, 2.24) is 0 Å². The average molecular weight is 605 g/mol. The summed E-state index contributed by atoms with van der Waals surface area (Å²) in [4.78, 5) is 24.3. The van der Waals surface area contributed by atoms with E-state index in [0.717, 1.165) is 16.7 Å². The number of esters is 2. The zero-order valence-electron chi connectivity index (χ0n) is 27.2. The fourth-order valence-electron chi connectivity index (χ4n) is 5.28. The van der Waals surface area contributed by atoms with E-state index in [-0.39, 0.29) is 18.0 Å². The Morgan fingerprint density at radius 2 is 1.70 bits per heavy atom. The molecule has 0 aliphatic carbocycles. The Hall–Kier alpha value is -2.56. The van der Waals surface area contributed by atoms with E-state index in [2.05, 4.69) is 0 Å². The number of cyclic esters (lactones) is 1. The van der Waals surface area contributed by atoms with Crippen LogP contribution in [0.25, 0.3) is 0 Å². The Morgan fingerprint density at radius 1 is 1.02 bits per heavy atom. The summed E-state index contributed by atoms with van der Waals surface area (Å²) in [6, 6.07) is 0. The highest BCUT2D eigenvalue weighted by molar-refractivity contribution is 5.88. The summed E-state index contributed by atoms with van der Waals surface area (Å²) < 4.78 is 23.6. The van der Waals surface area contributed by atoms with Gasteiger partial charge in [0, 0.05) is 24.8 Å². The van der Waals surface area contributed by atoms with Gasteiger partial charge in [0.15, 0.2) is 12.4 Å². The molecule has 0 saturated carbocycles. The molecule has 9 nitrogen and oxygen atoms in total. The number of carbonyl (C=O) groups excluding carboxylic acids is 2. The third-order valence-electron chi connectivity index (χ3n) is 7.98. The lowest BCUT2D eigenvalue weighted by atomic mass is 9.88. The molecular weight excluding hydrogens is 552 g/mol. The summed E-state index contributed by atoms with van der Waals surface area (Å²) >= 11 is 0. The number of allylic oxidation sites excluding steroid dienone is 4. The van der Waals surface area contributed by atoms with Gasteiger partial charge in [0.2, 0.25) is 0 Å². The van der Waals surface area contributed by atoms with Crippen molar-refractivity contribution < 1.29 is 43.9 Å². The summed E-state index contributed by atoms with van der Waals surface area (Å²) in [7, 11) is 0. The number of aliphatic hydroxyl groups excluding tert-OH is 3. The normalized spacial score (nSPS) is 38.7. The smallest absolute Gasteiger partial charge is 0.333 e. The predicted octanol–water partition coefficient (Wildman–Crippen LogP) is 5.00. The minimum absolute atomic E-state index is 0.213. The molecule has 1 saturated heterocycles. The Labute approximate surface area is 256 Å². The van der Waals surface area contributed by atoms with E-state index in [1.165, 1.54) is 6.92 Å². The summed E-state index contributed by atoms with van der Waals surface area (Å²) in [6.45, 7) is 16.0. The van der Waals surface area contributed by atoms with Gasteiger partial charge in [-0.1, -0.05) is 55.9 Å². The molecule has 0 bridgehead atoms. The SMILES string of the molecule is CC[C@@H]1C/C=C(C)/C=C(\C)[C@H](O[C@@H]2OC(C)(C)[C@@H](OC(C)=O)[C@H](O)[C@H]2O)[C@H](CC)/C=C(\C)[C@H](O)C/C=C/C=C(/C)C(=O)O1. The van der Waals surface area contributed by atoms with Crippen LogP contribution in [0.3, 0.4) is 0 Å². The number of hydrogen-bond acceptors (Lipinski definition) is 9. The first-order chi connectivity index (χ1) is 20.1. The average Bonchev–Trinajstić information content (AvgIpc) is 2.94. The van der Waals surface area contributed by atoms with Crippen molar-refractivity contribution in [3.05, 3.63) is 58.7 Å². The van der Waals surface area contributed by atoms with Gasteiger partial charge in [0.25, 0.3) is 0 Å². The standard InChI is InChI=1S/C34H52O9/c1-10-25-19-22(5)27(36)15-13-12-14-21(4)32(39)41-26(11-2)17-16-20(3)18-23(6)30(25)42-33-29(38)28(37)31(40-24(7)35)34(8,9)43-33/h12-14,16,18-19,25-31,33,36-38H,10-11,15,17H2,1-9H3/b13-12+,20-16+,21-14-,22-19+,23-18+/t25-,26-,27-,28-,29-,30+,31+,33-/m1/s1. The van der Waals surface area contributed by atoms with E-state index in [0.29, 0.717) is 31.3 Å². The molecule has 242 valence electrons. The molecular formula is C34H52O9. The molecule has 0 spiro atoms. The Kier molecular flexibility index (Phi) is 14.1. The third kappa shape index (κ3) is 10.5. The fraction of sp³-hybridized carbons (Fsp3) is 0.647. The van der Waals surface area contributed by atoms with Gasteiger partial charge in [0.1, 0.15) is 23.9 Å². The van der Waals surface area contributed by atoms with Crippen LogP contribution in [0.1, 0.15) is 88.0 Å². The topological polar surface area (TPSA) is 132 Å². The van der Waals surface area contributed by atoms with Gasteiger partial charge in [-0.15, -0.1) is 0 Å². The van der Waals surface area contributed by atoms with Gasteiger partial charge in [-0.25, -0.2) is 4.79 Å². The van der Waals surface area contributed by atoms with Gasteiger partial charge >= 0.3 is 11.9 Å². The van der Waals surface area contributed by atoms with Crippen molar-refractivity contribution in [2.75, 3.05) is 0 Å². The number of hydrogen-bond donors (Lipinski definition) is 3. The van der Waals surface area contributed by atoms with Crippen LogP contribution in [0.4, 0.5) is 0 Å². The molecule has 0 unspecified atom stereocenters. The Bertz CT molecular complexity index is 1110. The molecule has 2 aliphatic rings. The molecule has 9 heteroatoms. The molecule has 0 aromatic rings. The van der Waals surface area contributed by atoms with Crippen LogP contribution in [0.5, 0.6) is 0 Å². The van der Waals surface area contributed by atoms with E-state index in [4.69, 9.17) is 18.9 Å². The van der Waals surface area contributed by atoms with Gasteiger partial charge in [0.05, 0.1) is 12.2 Å². The van der Waals surface area contributed by atoms with Crippen molar-refractivity contribution in [2.45, 2.75) is 137 Å². The maximum atomic E-state index is 12.6. The maximum absolute atomic E-state index is 12.6. The molecule has 43 heavy (non-hydrogen) atoms. The van der Waals surface area contributed by atoms with Crippen LogP contribution in [0, 0.1) is 5.92 Å². The lowest BCUT2D eigenvalue weighted by molar-refractivity contribution is -0.333. The lowest BCUT2D eigenvalue weighted by Crippen LogP contribution is -2.64. The molecule has 0 aromatic heterocycles. The summed E-state index contributed by atoms with van der Waals surface area (Å²) in [5, 5.41) is 32.8. The van der Waals surface area contributed by atoms with Crippen LogP contribution >= 0.6 is 0 Å². The fourth-order valence-corrected chi connectivity index (χ4v) is 5.28. The molecule has 2 rings (SSSR count). The second-order valence-electron chi connectivity index (χ2n) is 12.2. The Morgan fingerprint density at radius 3 is 2.30 bits per heavy atom. The van der Waals surface area contributed by atoms with E-state index in [1.807, 2.05) is 52.8 Å². The lowest BCUT2D eigenvalue weighted by Gasteiger charge is -2.47. The maximum Gasteiger partial charge on any atom is 0.333 e. The highest BCUT2D eigenvalue weighted by Crippen LogP contribution is 2.35. The molecule has 1 fully saturated rings. The minimum Gasteiger partial charge on any atom is -0.459 e. The van der Waals surface area contributed by atoms with E-state index in [9.17, 15) is 24.9 Å². The zero-order chi connectivity index (χ0) is 32.5. The quantitative estimate of drug-likeness (QED) is 0.293. The number of ether oxygens (including phenoxy) is 4. The van der Waals surface area contributed by atoms with Gasteiger partial charge in [-0.05, 0) is 72.0 Å². The first-order valence-corrected chi connectivity index (χ1v) is 15.2. The minimum atomic E-state index is -1.48. The summed E-state index contributed by atoms with van der Waals surface area (Å²) in [5.41, 5.74) is 1.87. The summed E-state index contributed by atoms with van der Waals surface area (Å²) in [6.07, 6.45) is 6.55. The highest BCUT2D eigenvalue weighted by atomic mass is 16.7. The van der Waals surface area contributed by atoms with Gasteiger partial charge < -0.3 is 34.3 Å². The van der Waals surface area contributed by atoms with Crippen molar-refractivity contribution in [2.24, 2.45) is 5.92 Å². The van der Waals surface area contributed by atoms with Crippen LogP contribution in [0.15, 0.2) is 58.7 Å². The monoisotopic (exact) mass is 604 g/mol. The molecule has 0 amide bonds. The van der Waals surface area contributed by atoms with Crippen molar-refractivity contribution in [1.29, 1.82) is 0 Å². The van der Waals surface area contributed by atoms with Crippen LogP contribution in [-0.4, -0.2) is 75.8 Å². The van der Waals surface area contributed by atoms with Gasteiger partial charge in [-0.3, -0.25) is 4.79 Å². The number of aliphatic hydroxyl groups is 3. The number of carbonyl (C=O) groups is 2. The molecule has 0 aromatic carbocycles.